The zero-order valence-electron chi connectivity index (χ0n) is 9.88. The van der Waals surface area contributed by atoms with Gasteiger partial charge in [0.05, 0.1) is 0 Å². The van der Waals surface area contributed by atoms with Crippen LogP contribution in [-0.4, -0.2) is 5.78 Å². The van der Waals surface area contributed by atoms with Gasteiger partial charge in [-0.2, -0.15) is 0 Å². The Balaban J connectivity index is 3.32. The molecule has 0 fully saturated rings. The topological polar surface area (TPSA) is 17.1 Å². The van der Waals surface area contributed by atoms with E-state index in [9.17, 15) is 4.79 Å². The first-order valence-electron chi connectivity index (χ1n) is 5.86. The van der Waals surface area contributed by atoms with E-state index in [4.69, 9.17) is 0 Å². The number of rotatable bonds is 8. The molecule has 0 atom stereocenters. The van der Waals surface area contributed by atoms with Crippen LogP contribution in [0.25, 0.3) is 0 Å². The second kappa shape index (κ2) is 8.98. The summed E-state index contributed by atoms with van der Waals surface area (Å²) in [5.41, 5.74) is 0. The fourth-order valence-electron chi connectivity index (χ4n) is 1.24. The van der Waals surface area contributed by atoms with Gasteiger partial charge in [-0.15, -0.1) is 0 Å². The molecule has 0 aromatic rings. The van der Waals surface area contributed by atoms with E-state index in [0.29, 0.717) is 12.2 Å². The van der Waals surface area contributed by atoms with E-state index in [1.165, 1.54) is 25.7 Å². The smallest absolute Gasteiger partial charge is 0.139 e. The highest BCUT2D eigenvalue weighted by molar-refractivity contribution is 5.81. The molecular weight excluding hydrogens is 172 g/mol. The minimum Gasteiger partial charge on any atom is -0.299 e. The van der Waals surface area contributed by atoms with Crippen molar-refractivity contribution in [1.82, 2.24) is 0 Å². The van der Waals surface area contributed by atoms with Crippen molar-refractivity contribution in [3.05, 3.63) is 12.2 Å². The second-order valence-corrected chi connectivity index (χ2v) is 4.15. The summed E-state index contributed by atoms with van der Waals surface area (Å²) in [5.74, 6) is 0.523. The predicted molar refractivity (Wildman–Crippen MR) is 62.4 cm³/mol. The Bertz CT molecular complexity index is 168. The SMILES string of the molecule is CCCCCC/C=C/CC(=O)C(C)C. The molecule has 1 heteroatoms. The fourth-order valence-corrected chi connectivity index (χ4v) is 1.24. The molecule has 0 heterocycles. The van der Waals surface area contributed by atoms with Gasteiger partial charge in [-0.05, 0) is 12.8 Å². The molecule has 0 saturated heterocycles. The molecule has 82 valence electrons. The molecule has 0 unspecified atom stereocenters. The zero-order chi connectivity index (χ0) is 10.8. The van der Waals surface area contributed by atoms with Crippen molar-refractivity contribution >= 4 is 5.78 Å². The van der Waals surface area contributed by atoms with Crippen LogP contribution in [0.3, 0.4) is 0 Å². The number of unbranched alkanes of at least 4 members (excludes halogenated alkanes) is 4. The Labute approximate surface area is 88.6 Å². The van der Waals surface area contributed by atoms with Crippen LogP contribution in [0, 0.1) is 5.92 Å². The van der Waals surface area contributed by atoms with E-state index in [0.717, 1.165) is 6.42 Å². The van der Waals surface area contributed by atoms with Crippen LogP contribution in [0.5, 0.6) is 0 Å². The van der Waals surface area contributed by atoms with Gasteiger partial charge in [-0.3, -0.25) is 4.79 Å². The number of allylic oxidation sites excluding steroid dienone is 2. The Hall–Kier alpha value is -0.590. The molecule has 0 aliphatic heterocycles. The Morgan fingerprint density at radius 3 is 2.43 bits per heavy atom. The predicted octanol–water partition coefficient (Wildman–Crippen LogP) is 4.13. The third-order valence-electron chi connectivity index (χ3n) is 2.35. The summed E-state index contributed by atoms with van der Waals surface area (Å²) in [7, 11) is 0. The molecule has 14 heavy (non-hydrogen) atoms. The summed E-state index contributed by atoms with van der Waals surface area (Å²) >= 11 is 0. The lowest BCUT2D eigenvalue weighted by Crippen LogP contribution is -2.04. The van der Waals surface area contributed by atoms with Crippen LogP contribution in [0.4, 0.5) is 0 Å². The van der Waals surface area contributed by atoms with Crippen molar-refractivity contribution in [2.45, 2.75) is 59.3 Å². The van der Waals surface area contributed by atoms with Crippen molar-refractivity contribution in [3.63, 3.8) is 0 Å². The average Bonchev–Trinajstić information content (AvgIpc) is 2.16. The van der Waals surface area contributed by atoms with Crippen molar-refractivity contribution < 1.29 is 4.79 Å². The van der Waals surface area contributed by atoms with E-state index < -0.39 is 0 Å². The van der Waals surface area contributed by atoms with E-state index in [1.807, 2.05) is 19.9 Å². The van der Waals surface area contributed by atoms with Crippen LogP contribution in [0.15, 0.2) is 12.2 Å². The van der Waals surface area contributed by atoms with Gasteiger partial charge in [-0.25, -0.2) is 0 Å². The van der Waals surface area contributed by atoms with Crippen molar-refractivity contribution in [2.24, 2.45) is 5.92 Å². The molecule has 0 radical (unpaired) electrons. The van der Waals surface area contributed by atoms with Gasteiger partial charge in [0.15, 0.2) is 0 Å². The lowest BCUT2D eigenvalue weighted by molar-refractivity contribution is -0.121. The van der Waals surface area contributed by atoms with Crippen LogP contribution in [0.1, 0.15) is 59.3 Å². The highest BCUT2D eigenvalue weighted by Gasteiger charge is 2.02. The minimum absolute atomic E-state index is 0.180. The quantitative estimate of drug-likeness (QED) is 0.421. The summed E-state index contributed by atoms with van der Waals surface area (Å²) in [5, 5.41) is 0. The van der Waals surface area contributed by atoms with E-state index in [-0.39, 0.29) is 5.92 Å². The summed E-state index contributed by atoms with van der Waals surface area (Å²) in [6.07, 6.45) is 11.1. The van der Waals surface area contributed by atoms with Crippen LogP contribution >= 0.6 is 0 Å². The third-order valence-corrected chi connectivity index (χ3v) is 2.35. The zero-order valence-corrected chi connectivity index (χ0v) is 9.88. The number of Topliss-reactive ketones (excluding diaryl/α,β-unsaturated/α-hetero) is 1. The van der Waals surface area contributed by atoms with Gasteiger partial charge >= 0.3 is 0 Å². The molecule has 0 aromatic heterocycles. The van der Waals surface area contributed by atoms with Gasteiger partial charge in [0.1, 0.15) is 5.78 Å². The van der Waals surface area contributed by atoms with Gasteiger partial charge in [-0.1, -0.05) is 52.2 Å². The molecule has 0 N–H and O–H groups in total. The summed E-state index contributed by atoms with van der Waals surface area (Å²) in [4.78, 5) is 11.2. The van der Waals surface area contributed by atoms with Crippen molar-refractivity contribution in [3.8, 4) is 0 Å². The Morgan fingerprint density at radius 2 is 1.86 bits per heavy atom. The largest absolute Gasteiger partial charge is 0.299 e. The second-order valence-electron chi connectivity index (χ2n) is 4.15. The van der Waals surface area contributed by atoms with E-state index >= 15 is 0 Å². The molecule has 0 saturated carbocycles. The summed E-state index contributed by atoms with van der Waals surface area (Å²) < 4.78 is 0. The summed E-state index contributed by atoms with van der Waals surface area (Å²) in [6, 6.07) is 0. The first-order valence-corrected chi connectivity index (χ1v) is 5.86. The van der Waals surface area contributed by atoms with Gasteiger partial charge in [0.25, 0.3) is 0 Å². The summed E-state index contributed by atoms with van der Waals surface area (Å²) in [6.45, 7) is 6.13. The average molecular weight is 196 g/mol. The Kier molecular flexibility index (Phi) is 8.61. The van der Waals surface area contributed by atoms with Gasteiger partial charge in [0.2, 0.25) is 0 Å². The van der Waals surface area contributed by atoms with Crippen molar-refractivity contribution in [1.29, 1.82) is 0 Å². The normalized spacial score (nSPS) is 11.4. The lowest BCUT2D eigenvalue weighted by atomic mass is 10.1. The maximum absolute atomic E-state index is 11.2. The molecular formula is C13H24O. The minimum atomic E-state index is 0.180. The Morgan fingerprint density at radius 1 is 1.14 bits per heavy atom. The molecule has 1 nitrogen and oxygen atoms in total. The van der Waals surface area contributed by atoms with E-state index in [2.05, 4.69) is 13.0 Å². The number of hydrogen-bond acceptors (Lipinski definition) is 1. The number of carbonyl (C=O) groups is 1. The van der Waals surface area contributed by atoms with Crippen LogP contribution < -0.4 is 0 Å². The number of ketones is 1. The third kappa shape index (κ3) is 8.03. The maximum Gasteiger partial charge on any atom is 0.139 e. The lowest BCUT2D eigenvalue weighted by Gasteiger charge is -1.99. The maximum atomic E-state index is 11.2. The highest BCUT2D eigenvalue weighted by Crippen LogP contribution is 2.04. The molecule has 0 rings (SSSR count). The number of hydrogen-bond donors (Lipinski definition) is 0. The van der Waals surface area contributed by atoms with E-state index in [1.54, 1.807) is 0 Å². The molecule has 0 spiro atoms. The monoisotopic (exact) mass is 196 g/mol. The molecule has 0 aliphatic rings. The highest BCUT2D eigenvalue weighted by atomic mass is 16.1. The molecule has 0 aliphatic carbocycles. The first-order chi connectivity index (χ1) is 6.68. The number of carbonyl (C=O) groups excluding carboxylic acids is 1. The van der Waals surface area contributed by atoms with Gasteiger partial charge in [0, 0.05) is 12.3 Å². The fraction of sp³-hybridized carbons (Fsp3) is 0.769. The standard InChI is InChI=1S/C13H24O/c1-4-5-6-7-8-9-10-11-13(14)12(2)3/h9-10,12H,4-8,11H2,1-3H3/b10-9+. The van der Waals surface area contributed by atoms with Gasteiger partial charge < -0.3 is 0 Å². The molecule has 0 aromatic carbocycles. The first kappa shape index (κ1) is 13.4. The van der Waals surface area contributed by atoms with Crippen LogP contribution in [-0.2, 0) is 4.79 Å². The molecule has 0 amide bonds. The van der Waals surface area contributed by atoms with Crippen molar-refractivity contribution in [2.75, 3.05) is 0 Å². The molecule has 0 bridgehead atoms. The van der Waals surface area contributed by atoms with Crippen LogP contribution in [0.2, 0.25) is 0 Å².